The molecule has 0 bridgehead atoms. The van der Waals surface area contributed by atoms with Crippen molar-refractivity contribution < 1.29 is 9.90 Å². The fraction of sp³-hybridized carbons (Fsp3) is 0.800. The molecule has 2 nitrogen and oxygen atoms in total. The van der Waals surface area contributed by atoms with E-state index in [1.54, 1.807) is 13.8 Å². The van der Waals surface area contributed by atoms with Crippen LogP contribution in [0, 0.1) is 5.92 Å². The molecular weight excluding hydrogens is 92.1 g/mol. The molecule has 0 aromatic carbocycles. The van der Waals surface area contributed by atoms with Gasteiger partial charge in [0.1, 0.15) is 6.29 Å². The fourth-order valence-corrected chi connectivity index (χ4v) is 0.114. The van der Waals surface area contributed by atoms with Crippen molar-refractivity contribution in [3.05, 3.63) is 0 Å². The Morgan fingerprint density at radius 3 is 2.00 bits per heavy atom. The molecule has 0 fully saturated rings. The molecule has 0 aromatic rings. The van der Waals surface area contributed by atoms with E-state index in [9.17, 15) is 4.79 Å². The van der Waals surface area contributed by atoms with Gasteiger partial charge in [-0.15, -0.1) is 0 Å². The monoisotopic (exact) mass is 102 g/mol. The van der Waals surface area contributed by atoms with Crippen LogP contribution in [0.15, 0.2) is 0 Å². The Bertz CT molecular complexity index is 59.1. The summed E-state index contributed by atoms with van der Waals surface area (Å²) in [7, 11) is 0. The highest BCUT2D eigenvalue weighted by Gasteiger charge is 2.04. The Morgan fingerprint density at radius 2 is 2.00 bits per heavy atom. The molecule has 0 radical (unpaired) electrons. The van der Waals surface area contributed by atoms with Gasteiger partial charge in [0.2, 0.25) is 0 Å². The van der Waals surface area contributed by atoms with Gasteiger partial charge in [-0.25, -0.2) is 0 Å². The predicted octanol–water partition coefficient (Wildman–Crippen LogP) is 0.202. The second-order valence-corrected chi connectivity index (χ2v) is 1.74. The minimum Gasteiger partial charge on any atom is -0.393 e. The molecule has 2 heteroatoms. The Hall–Kier alpha value is -0.370. The maximum absolute atomic E-state index is 9.79. The first kappa shape index (κ1) is 6.63. The van der Waals surface area contributed by atoms with Gasteiger partial charge in [0, 0.05) is 5.92 Å². The summed E-state index contributed by atoms with van der Waals surface area (Å²) in [5.41, 5.74) is 0. The van der Waals surface area contributed by atoms with E-state index >= 15 is 0 Å². The number of carbonyl (C=O) groups is 1. The van der Waals surface area contributed by atoms with Crippen LogP contribution in [0.25, 0.3) is 0 Å². The first-order valence-corrected chi connectivity index (χ1v) is 2.32. The van der Waals surface area contributed by atoms with Crippen molar-refractivity contribution in [1.29, 1.82) is 0 Å². The van der Waals surface area contributed by atoms with Crippen LogP contribution in [0.2, 0.25) is 0 Å². The van der Waals surface area contributed by atoms with Crippen LogP contribution < -0.4 is 0 Å². The number of rotatable bonds is 2. The summed E-state index contributed by atoms with van der Waals surface area (Å²) in [6.07, 6.45) is 0.238. The first-order valence-electron chi connectivity index (χ1n) is 2.32. The van der Waals surface area contributed by atoms with Crippen molar-refractivity contribution >= 4 is 6.29 Å². The number of aldehydes is 1. The van der Waals surface area contributed by atoms with E-state index in [1.165, 1.54) is 0 Å². The van der Waals surface area contributed by atoms with E-state index in [0.29, 0.717) is 0 Å². The summed E-state index contributed by atoms with van der Waals surface area (Å²) in [5, 5.41) is 8.59. The van der Waals surface area contributed by atoms with Crippen molar-refractivity contribution in [2.24, 2.45) is 5.92 Å². The van der Waals surface area contributed by atoms with E-state index in [0.717, 1.165) is 6.29 Å². The number of hydrogen-bond acceptors (Lipinski definition) is 2. The van der Waals surface area contributed by atoms with Gasteiger partial charge >= 0.3 is 0 Å². The summed E-state index contributed by atoms with van der Waals surface area (Å²) in [6.45, 7) is 3.27. The van der Waals surface area contributed by atoms with Gasteiger partial charge in [-0.1, -0.05) is 6.92 Å². The quantitative estimate of drug-likeness (QED) is 0.506. The van der Waals surface area contributed by atoms with Gasteiger partial charge in [0.15, 0.2) is 0 Å². The average Bonchev–Trinajstić information content (AvgIpc) is 1.65. The molecule has 0 saturated carbocycles. The topological polar surface area (TPSA) is 37.3 Å². The molecule has 0 saturated heterocycles. The lowest BCUT2D eigenvalue weighted by Crippen LogP contribution is -2.13. The van der Waals surface area contributed by atoms with Crippen LogP contribution >= 0.6 is 0 Å². The highest BCUT2D eigenvalue weighted by atomic mass is 16.3. The highest BCUT2D eigenvalue weighted by Crippen LogP contribution is 1.94. The van der Waals surface area contributed by atoms with E-state index in [2.05, 4.69) is 0 Å². The third-order valence-corrected chi connectivity index (χ3v) is 0.976. The molecule has 1 N–H and O–H groups in total. The normalized spacial score (nSPS) is 18.1. The summed E-state index contributed by atoms with van der Waals surface area (Å²) < 4.78 is 0. The predicted molar refractivity (Wildman–Crippen MR) is 26.9 cm³/mol. The Morgan fingerprint density at radius 1 is 1.57 bits per heavy atom. The van der Waals surface area contributed by atoms with Crippen LogP contribution in [0.5, 0.6) is 0 Å². The van der Waals surface area contributed by atoms with Gasteiger partial charge in [-0.3, -0.25) is 0 Å². The Kier molecular flexibility index (Phi) is 2.60. The first-order chi connectivity index (χ1) is 3.18. The van der Waals surface area contributed by atoms with Gasteiger partial charge in [-0.2, -0.15) is 0 Å². The summed E-state index contributed by atoms with van der Waals surface area (Å²) in [5.74, 6) is -0.222. The lowest BCUT2D eigenvalue weighted by atomic mass is 10.1. The lowest BCUT2D eigenvalue weighted by Gasteiger charge is -2.03. The molecule has 7 heavy (non-hydrogen) atoms. The van der Waals surface area contributed by atoms with E-state index in [-0.39, 0.29) is 5.92 Å². The largest absolute Gasteiger partial charge is 0.393 e. The lowest BCUT2D eigenvalue weighted by molar-refractivity contribution is -0.113. The number of aliphatic hydroxyl groups is 1. The van der Waals surface area contributed by atoms with Crippen molar-refractivity contribution in [3.63, 3.8) is 0 Å². The van der Waals surface area contributed by atoms with Crippen LogP contribution in [-0.4, -0.2) is 17.5 Å². The zero-order chi connectivity index (χ0) is 5.86. The summed E-state index contributed by atoms with van der Waals surface area (Å²) in [6, 6.07) is 0. The average molecular weight is 102 g/mol. The number of aliphatic hydroxyl groups excluding tert-OH is 1. The third-order valence-electron chi connectivity index (χ3n) is 0.976. The molecular formula is C5H10O2. The van der Waals surface area contributed by atoms with Crippen LogP contribution in [0.3, 0.4) is 0 Å². The van der Waals surface area contributed by atoms with Gasteiger partial charge < -0.3 is 9.90 Å². The zero-order valence-corrected chi connectivity index (χ0v) is 4.59. The molecule has 0 aliphatic rings. The maximum Gasteiger partial charge on any atom is 0.125 e. The summed E-state index contributed by atoms with van der Waals surface area (Å²) in [4.78, 5) is 9.79. The smallest absolute Gasteiger partial charge is 0.125 e. The Balaban J connectivity index is 3.33. The molecule has 0 unspecified atom stereocenters. The molecule has 0 aliphatic heterocycles. The number of carbonyl (C=O) groups excluding carboxylic acids is 1. The molecule has 0 aromatic heterocycles. The van der Waals surface area contributed by atoms with Crippen LogP contribution in [0.1, 0.15) is 13.8 Å². The van der Waals surface area contributed by atoms with Crippen molar-refractivity contribution in [2.75, 3.05) is 0 Å². The van der Waals surface area contributed by atoms with Crippen molar-refractivity contribution in [3.8, 4) is 0 Å². The maximum atomic E-state index is 9.79. The standard InChI is InChI=1S/C5H10O2/c1-4(3-6)5(2)7/h3-5,7H,1-2H3/t4-,5-/m1/s1. The summed E-state index contributed by atoms with van der Waals surface area (Å²) >= 11 is 0. The molecule has 0 heterocycles. The SMILES string of the molecule is C[C@H](C=O)[C@@H](C)O. The molecule has 0 amide bonds. The zero-order valence-electron chi connectivity index (χ0n) is 4.59. The minimum absolute atomic E-state index is 0.222. The number of hydrogen-bond donors (Lipinski definition) is 1. The van der Waals surface area contributed by atoms with Gasteiger partial charge in [0.05, 0.1) is 6.10 Å². The molecule has 0 spiro atoms. The molecule has 0 rings (SSSR count). The fourth-order valence-electron chi connectivity index (χ4n) is 0.114. The third kappa shape index (κ3) is 2.34. The van der Waals surface area contributed by atoms with Crippen LogP contribution in [0.4, 0.5) is 0 Å². The molecule has 0 aliphatic carbocycles. The second kappa shape index (κ2) is 2.75. The highest BCUT2D eigenvalue weighted by molar-refractivity contribution is 5.53. The van der Waals surface area contributed by atoms with Gasteiger partial charge in [-0.05, 0) is 6.92 Å². The van der Waals surface area contributed by atoms with E-state index in [1.807, 2.05) is 0 Å². The second-order valence-electron chi connectivity index (χ2n) is 1.74. The molecule has 42 valence electrons. The van der Waals surface area contributed by atoms with E-state index in [4.69, 9.17) is 5.11 Å². The van der Waals surface area contributed by atoms with E-state index < -0.39 is 6.10 Å². The van der Waals surface area contributed by atoms with Gasteiger partial charge in [0.25, 0.3) is 0 Å². The molecule has 2 atom stereocenters. The van der Waals surface area contributed by atoms with Crippen molar-refractivity contribution in [1.82, 2.24) is 0 Å². The minimum atomic E-state index is -0.502. The Labute approximate surface area is 43.2 Å². The van der Waals surface area contributed by atoms with Crippen LogP contribution in [-0.2, 0) is 4.79 Å². The van der Waals surface area contributed by atoms with Crippen molar-refractivity contribution in [2.45, 2.75) is 20.0 Å².